The second kappa shape index (κ2) is 5.41. The van der Waals surface area contributed by atoms with E-state index in [1.54, 1.807) is 0 Å². The van der Waals surface area contributed by atoms with Gasteiger partial charge >= 0.3 is 0 Å². The van der Waals surface area contributed by atoms with Crippen LogP contribution in [0.2, 0.25) is 0 Å². The molecule has 0 aliphatic carbocycles. The molecule has 0 saturated carbocycles. The largest absolute Gasteiger partial charge is 0.398 e. The highest BCUT2D eigenvalue weighted by molar-refractivity contribution is 5.58. The molecule has 17 heavy (non-hydrogen) atoms. The van der Waals surface area contributed by atoms with Gasteiger partial charge in [-0.2, -0.15) is 0 Å². The number of nitrogens with zero attached hydrogens (tertiary/aromatic N) is 1. The number of nitrogen functional groups attached to an aromatic ring is 1. The highest BCUT2D eigenvalue weighted by Gasteiger charge is 2.18. The molecule has 96 valence electrons. The number of hydrogen-bond acceptors (Lipinski definition) is 3. The standard InChI is InChI=1S/C14H25N3/c1-11-6-7-12(8-13(11)15)16-9-14(2,3)10-17(4)5/h6-8,16H,9-10,15H2,1-5H3. The zero-order chi connectivity index (χ0) is 13.1. The lowest BCUT2D eigenvalue weighted by Crippen LogP contribution is -2.34. The summed E-state index contributed by atoms with van der Waals surface area (Å²) in [7, 11) is 4.21. The monoisotopic (exact) mass is 235 g/mol. The molecule has 0 aliphatic heterocycles. The Morgan fingerprint density at radius 3 is 2.47 bits per heavy atom. The summed E-state index contributed by atoms with van der Waals surface area (Å²) >= 11 is 0. The quantitative estimate of drug-likeness (QED) is 0.771. The Balaban J connectivity index is 2.58. The topological polar surface area (TPSA) is 41.3 Å². The number of nitrogens with two attached hydrogens (primary N) is 1. The van der Waals surface area contributed by atoms with E-state index in [9.17, 15) is 0 Å². The molecule has 0 radical (unpaired) electrons. The van der Waals surface area contributed by atoms with E-state index in [0.717, 1.165) is 30.0 Å². The van der Waals surface area contributed by atoms with Crippen LogP contribution in [0.4, 0.5) is 11.4 Å². The minimum atomic E-state index is 0.239. The van der Waals surface area contributed by atoms with E-state index in [-0.39, 0.29) is 5.41 Å². The molecule has 1 rings (SSSR count). The van der Waals surface area contributed by atoms with Crippen molar-refractivity contribution in [3.8, 4) is 0 Å². The molecule has 0 unspecified atom stereocenters. The van der Waals surface area contributed by atoms with E-state index in [2.05, 4.69) is 50.3 Å². The first-order valence-electron chi connectivity index (χ1n) is 6.05. The normalized spacial score (nSPS) is 11.9. The van der Waals surface area contributed by atoms with Crippen molar-refractivity contribution in [3.63, 3.8) is 0 Å². The van der Waals surface area contributed by atoms with Crippen LogP contribution in [-0.4, -0.2) is 32.1 Å². The van der Waals surface area contributed by atoms with Gasteiger partial charge in [0.25, 0.3) is 0 Å². The lowest BCUT2D eigenvalue weighted by atomic mass is 9.93. The van der Waals surface area contributed by atoms with Crippen LogP contribution in [0.25, 0.3) is 0 Å². The molecule has 0 atom stereocenters. The molecule has 0 heterocycles. The molecule has 1 aromatic carbocycles. The maximum absolute atomic E-state index is 5.89. The third kappa shape index (κ3) is 4.65. The molecular weight excluding hydrogens is 210 g/mol. The van der Waals surface area contributed by atoms with Gasteiger partial charge in [-0.25, -0.2) is 0 Å². The molecule has 3 nitrogen and oxygen atoms in total. The summed E-state index contributed by atoms with van der Waals surface area (Å²) in [4.78, 5) is 2.21. The van der Waals surface area contributed by atoms with Gasteiger partial charge in [-0.05, 0) is 44.1 Å². The van der Waals surface area contributed by atoms with E-state index in [0.29, 0.717) is 0 Å². The van der Waals surface area contributed by atoms with Crippen molar-refractivity contribution in [3.05, 3.63) is 23.8 Å². The summed E-state index contributed by atoms with van der Waals surface area (Å²) in [5.41, 5.74) is 9.20. The van der Waals surface area contributed by atoms with Crippen LogP contribution in [0.15, 0.2) is 18.2 Å². The van der Waals surface area contributed by atoms with Crippen LogP contribution >= 0.6 is 0 Å². The molecule has 1 aromatic rings. The summed E-state index contributed by atoms with van der Waals surface area (Å²) in [5, 5.41) is 3.45. The summed E-state index contributed by atoms with van der Waals surface area (Å²) in [6.45, 7) is 8.54. The van der Waals surface area contributed by atoms with Crippen molar-refractivity contribution in [1.29, 1.82) is 0 Å². The maximum Gasteiger partial charge on any atom is 0.0364 e. The number of nitrogens with one attached hydrogen (secondary N) is 1. The number of anilines is 2. The van der Waals surface area contributed by atoms with Crippen molar-refractivity contribution in [1.82, 2.24) is 4.90 Å². The number of hydrogen-bond donors (Lipinski definition) is 2. The first-order valence-corrected chi connectivity index (χ1v) is 6.05. The Hall–Kier alpha value is -1.22. The SMILES string of the molecule is Cc1ccc(NCC(C)(C)CN(C)C)cc1N. The van der Waals surface area contributed by atoms with Crippen LogP contribution in [-0.2, 0) is 0 Å². The molecule has 0 aliphatic rings. The van der Waals surface area contributed by atoms with Gasteiger partial charge in [0.1, 0.15) is 0 Å². The van der Waals surface area contributed by atoms with Crippen LogP contribution in [0.3, 0.4) is 0 Å². The Morgan fingerprint density at radius 2 is 1.94 bits per heavy atom. The zero-order valence-corrected chi connectivity index (χ0v) is 11.7. The second-order valence-electron chi connectivity index (χ2n) is 5.83. The van der Waals surface area contributed by atoms with E-state index in [4.69, 9.17) is 5.73 Å². The van der Waals surface area contributed by atoms with Crippen molar-refractivity contribution >= 4 is 11.4 Å². The van der Waals surface area contributed by atoms with E-state index in [1.807, 2.05) is 13.0 Å². The smallest absolute Gasteiger partial charge is 0.0364 e. The summed E-state index contributed by atoms with van der Waals surface area (Å²) in [5.74, 6) is 0. The molecule has 0 spiro atoms. The minimum Gasteiger partial charge on any atom is -0.398 e. The predicted molar refractivity (Wildman–Crippen MR) is 76.4 cm³/mol. The first-order chi connectivity index (χ1) is 7.80. The maximum atomic E-state index is 5.89. The van der Waals surface area contributed by atoms with Gasteiger partial charge in [-0.1, -0.05) is 19.9 Å². The Kier molecular flexibility index (Phi) is 4.40. The molecule has 0 aromatic heterocycles. The molecule has 0 saturated heterocycles. The van der Waals surface area contributed by atoms with Gasteiger partial charge in [0.05, 0.1) is 0 Å². The number of benzene rings is 1. The Bertz CT molecular complexity index is 370. The van der Waals surface area contributed by atoms with E-state index in [1.165, 1.54) is 0 Å². The van der Waals surface area contributed by atoms with E-state index >= 15 is 0 Å². The van der Waals surface area contributed by atoms with Crippen LogP contribution in [0, 0.1) is 12.3 Å². The van der Waals surface area contributed by atoms with Crippen molar-refractivity contribution in [2.45, 2.75) is 20.8 Å². The second-order valence-corrected chi connectivity index (χ2v) is 5.83. The Morgan fingerprint density at radius 1 is 1.29 bits per heavy atom. The van der Waals surface area contributed by atoms with E-state index < -0.39 is 0 Å². The van der Waals surface area contributed by atoms with Crippen molar-refractivity contribution < 1.29 is 0 Å². The van der Waals surface area contributed by atoms with Gasteiger partial charge < -0.3 is 16.0 Å². The average Bonchev–Trinajstić information content (AvgIpc) is 2.18. The summed E-state index contributed by atoms with van der Waals surface area (Å²) < 4.78 is 0. The first kappa shape index (κ1) is 13.8. The molecular formula is C14H25N3. The Labute approximate surface area is 105 Å². The highest BCUT2D eigenvalue weighted by Crippen LogP contribution is 2.20. The average molecular weight is 235 g/mol. The van der Waals surface area contributed by atoms with Gasteiger partial charge in [-0.15, -0.1) is 0 Å². The third-order valence-corrected chi connectivity index (χ3v) is 2.79. The van der Waals surface area contributed by atoms with Gasteiger partial charge in [0, 0.05) is 24.5 Å². The van der Waals surface area contributed by atoms with Gasteiger partial charge in [-0.3, -0.25) is 0 Å². The molecule has 0 amide bonds. The zero-order valence-electron chi connectivity index (χ0n) is 11.7. The summed E-state index contributed by atoms with van der Waals surface area (Å²) in [6, 6.07) is 6.13. The molecule has 3 heteroatoms. The lowest BCUT2D eigenvalue weighted by molar-refractivity contribution is 0.254. The van der Waals surface area contributed by atoms with Crippen molar-refractivity contribution in [2.75, 3.05) is 38.2 Å². The fraction of sp³-hybridized carbons (Fsp3) is 0.571. The van der Waals surface area contributed by atoms with Crippen molar-refractivity contribution in [2.24, 2.45) is 5.41 Å². The summed E-state index contributed by atoms with van der Waals surface area (Å²) in [6.07, 6.45) is 0. The fourth-order valence-corrected chi connectivity index (χ4v) is 2.00. The van der Waals surface area contributed by atoms with Gasteiger partial charge in [0.15, 0.2) is 0 Å². The number of rotatable bonds is 5. The van der Waals surface area contributed by atoms with Crippen LogP contribution in [0.1, 0.15) is 19.4 Å². The third-order valence-electron chi connectivity index (χ3n) is 2.79. The van der Waals surface area contributed by atoms with Crippen LogP contribution in [0.5, 0.6) is 0 Å². The lowest BCUT2D eigenvalue weighted by Gasteiger charge is -2.29. The number of aryl methyl sites for hydroxylation is 1. The molecule has 3 N–H and O–H groups in total. The minimum absolute atomic E-state index is 0.239. The fourth-order valence-electron chi connectivity index (χ4n) is 2.00. The highest BCUT2D eigenvalue weighted by atomic mass is 15.1. The predicted octanol–water partition coefficient (Wildman–Crippen LogP) is 2.58. The van der Waals surface area contributed by atoms with Gasteiger partial charge in [0.2, 0.25) is 0 Å². The molecule has 0 fully saturated rings. The van der Waals surface area contributed by atoms with Crippen LogP contribution < -0.4 is 11.1 Å². The molecule has 0 bridgehead atoms.